The first-order chi connectivity index (χ1) is 9.75. The smallest absolute Gasteiger partial charge is 0.155 e. The van der Waals surface area contributed by atoms with E-state index in [-0.39, 0.29) is 5.92 Å². The first-order valence-electron chi connectivity index (χ1n) is 7.45. The van der Waals surface area contributed by atoms with Crippen LogP contribution < -0.4 is 0 Å². The van der Waals surface area contributed by atoms with E-state index in [1.165, 1.54) is 11.1 Å². The van der Waals surface area contributed by atoms with E-state index in [0.717, 1.165) is 18.4 Å². The van der Waals surface area contributed by atoms with Crippen molar-refractivity contribution in [2.24, 2.45) is 0 Å². The molecule has 0 bridgehead atoms. The highest BCUT2D eigenvalue weighted by Crippen LogP contribution is 2.50. The highest BCUT2D eigenvalue weighted by Gasteiger charge is 2.50. The third-order valence-corrected chi connectivity index (χ3v) is 4.74. The first kappa shape index (κ1) is 13.1. The molecular formula is C19H20O. The molecule has 0 saturated heterocycles. The Morgan fingerprint density at radius 2 is 1.60 bits per heavy atom. The average Bonchev–Trinajstić information content (AvgIpc) is 2.76. The molecule has 0 aliphatic heterocycles. The highest BCUT2D eigenvalue weighted by molar-refractivity contribution is 6.03. The zero-order valence-corrected chi connectivity index (χ0v) is 12.1. The van der Waals surface area contributed by atoms with Gasteiger partial charge in [0.15, 0.2) is 5.78 Å². The van der Waals surface area contributed by atoms with Gasteiger partial charge >= 0.3 is 0 Å². The van der Waals surface area contributed by atoms with Crippen LogP contribution in [0.3, 0.4) is 0 Å². The van der Waals surface area contributed by atoms with Crippen LogP contribution in [0.5, 0.6) is 0 Å². The maximum absolute atomic E-state index is 13.1. The van der Waals surface area contributed by atoms with Crippen molar-refractivity contribution < 1.29 is 4.79 Å². The maximum atomic E-state index is 13.1. The number of fused-ring (bicyclic) bond motifs is 1. The zero-order chi connectivity index (χ0) is 14.2. The Morgan fingerprint density at radius 3 is 2.25 bits per heavy atom. The van der Waals surface area contributed by atoms with Crippen molar-refractivity contribution in [1.29, 1.82) is 0 Å². The Bertz CT molecular complexity index is 629. The van der Waals surface area contributed by atoms with Crippen molar-refractivity contribution in [1.82, 2.24) is 0 Å². The van der Waals surface area contributed by atoms with Crippen LogP contribution in [-0.2, 0) is 10.2 Å². The van der Waals surface area contributed by atoms with Crippen LogP contribution in [0.1, 0.15) is 49.3 Å². The molecule has 1 heteroatoms. The number of rotatable bonds is 3. The monoisotopic (exact) mass is 264 g/mol. The maximum Gasteiger partial charge on any atom is 0.155 e. The standard InChI is InChI=1S/C19H20O/c1-3-15-16-12-8-9-13-17(16)19(4-2,18(15)20)14-10-6-5-7-11-14/h5-13,15H,3-4H2,1-2H3/t15-,19+/m0/s1. The molecule has 0 aromatic heterocycles. The van der Waals surface area contributed by atoms with Crippen LogP contribution in [0.2, 0.25) is 0 Å². The van der Waals surface area contributed by atoms with Crippen molar-refractivity contribution in [2.45, 2.75) is 38.0 Å². The summed E-state index contributed by atoms with van der Waals surface area (Å²) in [5.41, 5.74) is 3.13. The first-order valence-corrected chi connectivity index (χ1v) is 7.45. The van der Waals surface area contributed by atoms with Crippen LogP contribution in [0, 0.1) is 0 Å². The molecule has 0 saturated carbocycles. The van der Waals surface area contributed by atoms with Gasteiger partial charge < -0.3 is 0 Å². The quantitative estimate of drug-likeness (QED) is 0.800. The third-order valence-electron chi connectivity index (χ3n) is 4.74. The molecule has 0 N–H and O–H groups in total. The van der Waals surface area contributed by atoms with Gasteiger partial charge in [-0.2, -0.15) is 0 Å². The molecule has 1 aliphatic carbocycles. The van der Waals surface area contributed by atoms with Crippen LogP contribution in [0.15, 0.2) is 54.6 Å². The molecule has 2 atom stereocenters. The molecular weight excluding hydrogens is 244 g/mol. The van der Waals surface area contributed by atoms with E-state index >= 15 is 0 Å². The van der Waals surface area contributed by atoms with Crippen molar-refractivity contribution in [3.63, 3.8) is 0 Å². The third kappa shape index (κ3) is 1.59. The fraction of sp³-hybridized carbons (Fsp3) is 0.316. The Morgan fingerprint density at radius 1 is 0.950 bits per heavy atom. The summed E-state index contributed by atoms with van der Waals surface area (Å²) in [6, 6.07) is 18.6. The van der Waals surface area contributed by atoms with Crippen LogP contribution in [-0.4, -0.2) is 5.78 Å². The zero-order valence-electron chi connectivity index (χ0n) is 12.1. The normalized spacial score (nSPS) is 24.7. The summed E-state index contributed by atoms with van der Waals surface area (Å²) in [5, 5.41) is 0. The molecule has 0 spiro atoms. The minimum Gasteiger partial charge on any atom is -0.298 e. The van der Waals surface area contributed by atoms with Crippen molar-refractivity contribution in [2.75, 3.05) is 0 Å². The second kappa shape index (κ2) is 4.90. The number of carbonyl (C=O) groups is 1. The summed E-state index contributed by atoms with van der Waals surface area (Å²) >= 11 is 0. The predicted octanol–water partition coefficient (Wildman–Crippen LogP) is 4.46. The van der Waals surface area contributed by atoms with E-state index in [4.69, 9.17) is 0 Å². The van der Waals surface area contributed by atoms with Crippen molar-refractivity contribution >= 4 is 5.78 Å². The van der Waals surface area contributed by atoms with E-state index in [9.17, 15) is 4.79 Å². The summed E-state index contributed by atoms with van der Waals surface area (Å²) in [7, 11) is 0. The fourth-order valence-electron chi connectivity index (χ4n) is 3.76. The van der Waals surface area contributed by atoms with Gasteiger partial charge in [0.25, 0.3) is 0 Å². The minimum atomic E-state index is -0.446. The lowest BCUT2D eigenvalue weighted by atomic mass is 9.72. The second-order valence-corrected chi connectivity index (χ2v) is 5.54. The summed E-state index contributed by atoms with van der Waals surface area (Å²) in [6.45, 7) is 4.23. The molecule has 1 aliphatic rings. The highest BCUT2D eigenvalue weighted by atomic mass is 16.1. The Kier molecular flexibility index (Phi) is 3.21. The fourth-order valence-corrected chi connectivity index (χ4v) is 3.76. The largest absolute Gasteiger partial charge is 0.298 e. The minimum absolute atomic E-state index is 0.0476. The lowest BCUT2D eigenvalue weighted by Gasteiger charge is -2.28. The van der Waals surface area contributed by atoms with Gasteiger partial charge in [0.2, 0.25) is 0 Å². The topological polar surface area (TPSA) is 17.1 Å². The molecule has 0 amide bonds. The summed E-state index contributed by atoms with van der Waals surface area (Å²) in [5.74, 6) is 0.418. The van der Waals surface area contributed by atoms with E-state index in [1.54, 1.807) is 0 Å². The summed E-state index contributed by atoms with van der Waals surface area (Å²) in [4.78, 5) is 13.1. The molecule has 0 fully saturated rings. The lowest BCUT2D eigenvalue weighted by molar-refractivity contribution is -0.123. The van der Waals surface area contributed by atoms with Gasteiger partial charge in [0, 0.05) is 5.92 Å². The van der Waals surface area contributed by atoms with Gasteiger partial charge in [0.05, 0.1) is 5.41 Å². The van der Waals surface area contributed by atoms with Crippen molar-refractivity contribution in [3.05, 3.63) is 71.3 Å². The number of ketones is 1. The number of hydrogen-bond acceptors (Lipinski definition) is 1. The molecule has 3 rings (SSSR count). The predicted molar refractivity (Wildman–Crippen MR) is 82.0 cm³/mol. The molecule has 2 aromatic rings. The lowest BCUT2D eigenvalue weighted by Crippen LogP contribution is -2.33. The number of Topliss-reactive ketones (excluding diaryl/α,β-unsaturated/α-hetero) is 1. The summed E-state index contributed by atoms with van der Waals surface area (Å²) < 4.78 is 0. The molecule has 20 heavy (non-hydrogen) atoms. The van der Waals surface area contributed by atoms with E-state index in [2.05, 4.69) is 44.2 Å². The Balaban J connectivity index is 2.29. The molecule has 2 aromatic carbocycles. The number of hydrogen-bond donors (Lipinski definition) is 0. The molecule has 1 nitrogen and oxygen atoms in total. The number of carbonyl (C=O) groups excluding carboxylic acids is 1. The van der Waals surface area contributed by atoms with Crippen LogP contribution in [0.4, 0.5) is 0 Å². The van der Waals surface area contributed by atoms with Crippen LogP contribution in [0.25, 0.3) is 0 Å². The van der Waals surface area contributed by atoms with Crippen molar-refractivity contribution in [3.8, 4) is 0 Å². The van der Waals surface area contributed by atoms with Gasteiger partial charge in [0.1, 0.15) is 0 Å². The second-order valence-electron chi connectivity index (χ2n) is 5.54. The molecule has 0 radical (unpaired) electrons. The Labute approximate surface area is 120 Å². The van der Waals surface area contributed by atoms with Gasteiger partial charge in [-0.25, -0.2) is 0 Å². The Hall–Kier alpha value is -1.89. The molecule has 0 heterocycles. The SMILES string of the molecule is CC[C@@H]1C(=O)[C@](CC)(c2ccccc2)c2ccccc21. The van der Waals surface area contributed by atoms with Gasteiger partial charge in [-0.05, 0) is 29.5 Å². The van der Waals surface area contributed by atoms with E-state index in [0.29, 0.717) is 5.78 Å². The molecule has 102 valence electrons. The van der Waals surface area contributed by atoms with Crippen LogP contribution >= 0.6 is 0 Å². The van der Waals surface area contributed by atoms with E-state index < -0.39 is 5.41 Å². The molecule has 0 unspecified atom stereocenters. The van der Waals surface area contributed by atoms with E-state index in [1.807, 2.05) is 24.3 Å². The summed E-state index contributed by atoms with van der Waals surface area (Å²) in [6.07, 6.45) is 1.70. The van der Waals surface area contributed by atoms with Gasteiger partial charge in [-0.3, -0.25) is 4.79 Å². The van der Waals surface area contributed by atoms with Gasteiger partial charge in [-0.15, -0.1) is 0 Å². The average molecular weight is 264 g/mol. The number of benzene rings is 2. The van der Waals surface area contributed by atoms with Gasteiger partial charge in [-0.1, -0.05) is 68.4 Å².